The molecule has 2 N–H and O–H groups in total. The molecular weight excluding hydrogens is 276 g/mol. The van der Waals surface area contributed by atoms with Gasteiger partial charge >= 0.3 is 6.18 Å². The Morgan fingerprint density at radius 2 is 1.90 bits per heavy atom. The Hall–Kier alpha value is -1.34. The van der Waals surface area contributed by atoms with Crippen molar-refractivity contribution in [2.75, 3.05) is 26.2 Å². The van der Waals surface area contributed by atoms with Crippen molar-refractivity contribution >= 4 is 0 Å². The van der Waals surface area contributed by atoms with E-state index in [9.17, 15) is 22.7 Å². The van der Waals surface area contributed by atoms with Gasteiger partial charge in [0.15, 0.2) is 0 Å². The molecule has 0 saturated carbocycles. The van der Waals surface area contributed by atoms with Crippen LogP contribution in [0.1, 0.15) is 18.0 Å². The fraction of sp³-hybridized carbons (Fsp3) is 0.538. The summed E-state index contributed by atoms with van der Waals surface area (Å²) < 4.78 is 51.6. The summed E-state index contributed by atoms with van der Waals surface area (Å²) >= 11 is 0. The number of nitrogens with zero attached hydrogens (tertiary/aromatic N) is 1. The van der Waals surface area contributed by atoms with Crippen molar-refractivity contribution in [3.8, 4) is 5.75 Å². The minimum absolute atomic E-state index is 0.00998. The maximum absolute atomic E-state index is 13.3. The first-order valence-electron chi connectivity index (χ1n) is 6.37. The van der Waals surface area contributed by atoms with Crippen molar-refractivity contribution in [1.29, 1.82) is 0 Å². The second-order valence-electron chi connectivity index (χ2n) is 4.82. The predicted octanol–water partition coefficient (Wildman–Crippen LogP) is 2.43. The zero-order chi connectivity index (χ0) is 14.8. The molecule has 1 aromatic carbocycles. The number of rotatable bonds is 3. The number of phenolic OH excluding ortho intramolecular Hbond substituents is 1. The molecular formula is C13H16F4N2O. The maximum atomic E-state index is 13.3. The predicted molar refractivity (Wildman–Crippen MR) is 65.9 cm³/mol. The van der Waals surface area contributed by atoms with Crippen molar-refractivity contribution in [3.63, 3.8) is 0 Å². The lowest BCUT2D eigenvalue weighted by atomic mass is 9.99. The number of halogens is 4. The number of aromatic hydroxyl groups is 1. The maximum Gasteiger partial charge on any atom is 0.390 e. The monoisotopic (exact) mass is 292 g/mol. The lowest BCUT2D eigenvalue weighted by Crippen LogP contribution is -2.46. The molecule has 1 heterocycles. The zero-order valence-electron chi connectivity index (χ0n) is 10.8. The van der Waals surface area contributed by atoms with Gasteiger partial charge < -0.3 is 10.4 Å². The minimum atomic E-state index is -4.38. The van der Waals surface area contributed by atoms with Crippen LogP contribution in [0.5, 0.6) is 5.75 Å². The van der Waals surface area contributed by atoms with E-state index in [4.69, 9.17) is 0 Å². The lowest BCUT2D eigenvalue weighted by Gasteiger charge is -2.35. The minimum Gasteiger partial charge on any atom is -0.508 e. The first-order chi connectivity index (χ1) is 9.37. The Morgan fingerprint density at radius 1 is 1.25 bits per heavy atom. The first-order valence-corrected chi connectivity index (χ1v) is 6.37. The van der Waals surface area contributed by atoms with E-state index < -0.39 is 24.5 Å². The van der Waals surface area contributed by atoms with E-state index in [1.165, 1.54) is 0 Å². The molecule has 0 aliphatic carbocycles. The van der Waals surface area contributed by atoms with Gasteiger partial charge in [-0.15, -0.1) is 0 Å². The molecule has 1 fully saturated rings. The third-order valence-corrected chi connectivity index (χ3v) is 3.37. The van der Waals surface area contributed by atoms with Crippen LogP contribution in [0.25, 0.3) is 0 Å². The largest absolute Gasteiger partial charge is 0.508 e. The number of hydrogen-bond donors (Lipinski definition) is 2. The molecule has 0 amide bonds. The first kappa shape index (κ1) is 15.1. The standard InChI is InChI=1S/C13H16F4N2O/c14-9-1-2-12(20)10(7-9)11(8-13(15,16)17)19-5-3-18-4-6-19/h1-2,7,11,18,20H,3-6,8H2/t11-/m0/s1. The highest BCUT2D eigenvalue weighted by molar-refractivity contribution is 5.35. The second-order valence-corrected chi connectivity index (χ2v) is 4.82. The number of piperazine rings is 1. The smallest absolute Gasteiger partial charge is 0.390 e. The summed E-state index contributed by atoms with van der Waals surface area (Å²) in [4.78, 5) is 1.62. The fourth-order valence-electron chi connectivity index (χ4n) is 2.44. The molecule has 2 rings (SSSR count). The second kappa shape index (κ2) is 5.97. The van der Waals surface area contributed by atoms with Crippen LogP contribution in [0.3, 0.4) is 0 Å². The van der Waals surface area contributed by atoms with Crippen LogP contribution in [-0.2, 0) is 0 Å². The Kier molecular flexibility index (Phi) is 4.49. The van der Waals surface area contributed by atoms with Gasteiger partial charge in [-0.3, -0.25) is 4.90 Å². The molecule has 112 valence electrons. The summed E-state index contributed by atoms with van der Waals surface area (Å²) in [6.07, 6.45) is -5.49. The van der Waals surface area contributed by atoms with Gasteiger partial charge in [0.1, 0.15) is 11.6 Å². The van der Waals surface area contributed by atoms with E-state index in [-0.39, 0.29) is 11.3 Å². The fourth-order valence-corrected chi connectivity index (χ4v) is 2.44. The van der Waals surface area contributed by atoms with E-state index in [1.807, 2.05) is 0 Å². The van der Waals surface area contributed by atoms with Gasteiger partial charge in [-0.1, -0.05) is 0 Å². The molecule has 3 nitrogen and oxygen atoms in total. The Morgan fingerprint density at radius 3 is 2.50 bits per heavy atom. The number of alkyl halides is 3. The summed E-state index contributed by atoms with van der Waals surface area (Å²) in [6, 6.07) is 2.04. The van der Waals surface area contributed by atoms with Gasteiger partial charge in [0.05, 0.1) is 6.42 Å². The van der Waals surface area contributed by atoms with E-state index in [0.717, 1.165) is 18.2 Å². The van der Waals surface area contributed by atoms with Crippen molar-refractivity contribution in [2.45, 2.75) is 18.6 Å². The van der Waals surface area contributed by atoms with E-state index in [0.29, 0.717) is 26.2 Å². The number of hydrogen-bond acceptors (Lipinski definition) is 3. The van der Waals surface area contributed by atoms with Crippen molar-refractivity contribution in [3.05, 3.63) is 29.6 Å². The topological polar surface area (TPSA) is 35.5 Å². The summed E-state index contributed by atoms with van der Waals surface area (Å²) in [5, 5.41) is 12.8. The Labute approximate surface area is 114 Å². The van der Waals surface area contributed by atoms with Gasteiger partial charge in [0, 0.05) is 37.8 Å². The summed E-state index contributed by atoms with van der Waals surface area (Å²) in [6.45, 7) is 2.00. The van der Waals surface area contributed by atoms with Gasteiger partial charge in [-0.2, -0.15) is 13.2 Å². The van der Waals surface area contributed by atoms with E-state index in [2.05, 4.69) is 5.32 Å². The average Bonchev–Trinajstić information content (AvgIpc) is 2.39. The highest BCUT2D eigenvalue weighted by atomic mass is 19.4. The van der Waals surface area contributed by atoms with Crippen LogP contribution in [0.4, 0.5) is 17.6 Å². The van der Waals surface area contributed by atoms with Gasteiger partial charge in [0.2, 0.25) is 0 Å². The van der Waals surface area contributed by atoms with Gasteiger partial charge in [-0.05, 0) is 18.2 Å². The van der Waals surface area contributed by atoms with Crippen LogP contribution in [0, 0.1) is 5.82 Å². The molecule has 1 aromatic rings. The third-order valence-electron chi connectivity index (χ3n) is 3.37. The van der Waals surface area contributed by atoms with Crippen LogP contribution in [0.15, 0.2) is 18.2 Å². The summed E-state index contributed by atoms with van der Waals surface area (Å²) in [5.41, 5.74) is -0.00998. The molecule has 1 atom stereocenters. The highest BCUT2D eigenvalue weighted by Crippen LogP contribution is 2.37. The van der Waals surface area contributed by atoms with Crippen molar-refractivity contribution < 1.29 is 22.7 Å². The average molecular weight is 292 g/mol. The zero-order valence-corrected chi connectivity index (χ0v) is 10.8. The third kappa shape index (κ3) is 3.83. The van der Waals surface area contributed by atoms with Crippen LogP contribution >= 0.6 is 0 Å². The highest BCUT2D eigenvalue weighted by Gasteiger charge is 2.37. The number of benzene rings is 1. The molecule has 0 radical (unpaired) electrons. The van der Waals surface area contributed by atoms with Crippen LogP contribution in [0.2, 0.25) is 0 Å². The molecule has 0 unspecified atom stereocenters. The van der Waals surface area contributed by atoms with E-state index in [1.54, 1.807) is 4.90 Å². The Bertz CT molecular complexity index is 458. The number of nitrogens with one attached hydrogen (secondary N) is 1. The van der Waals surface area contributed by atoms with Crippen LogP contribution < -0.4 is 5.32 Å². The van der Waals surface area contributed by atoms with Crippen molar-refractivity contribution in [1.82, 2.24) is 10.2 Å². The number of phenols is 1. The molecule has 0 bridgehead atoms. The van der Waals surface area contributed by atoms with E-state index >= 15 is 0 Å². The SMILES string of the molecule is Oc1ccc(F)cc1[C@H](CC(F)(F)F)N1CCNCC1. The van der Waals surface area contributed by atoms with Crippen molar-refractivity contribution in [2.24, 2.45) is 0 Å². The quantitative estimate of drug-likeness (QED) is 0.840. The van der Waals surface area contributed by atoms with Gasteiger partial charge in [-0.25, -0.2) is 4.39 Å². The molecule has 7 heteroatoms. The molecule has 1 saturated heterocycles. The molecule has 0 aromatic heterocycles. The molecule has 0 spiro atoms. The lowest BCUT2D eigenvalue weighted by molar-refractivity contribution is -0.148. The molecule has 1 aliphatic rings. The summed E-state index contributed by atoms with van der Waals surface area (Å²) in [5.74, 6) is -0.959. The summed E-state index contributed by atoms with van der Waals surface area (Å²) in [7, 11) is 0. The van der Waals surface area contributed by atoms with Crippen LogP contribution in [-0.4, -0.2) is 42.4 Å². The normalized spacial score (nSPS) is 19.0. The molecule has 20 heavy (non-hydrogen) atoms. The Balaban J connectivity index is 2.31. The molecule has 1 aliphatic heterocycles. The van der Waals surface area contributed by atoms with Gasteiger partial charge in [0.25, 0.3) is 0 Å².